The molecule has 0 saturated heterocycles. The lowest BCUT2D eigenvalue weighted by molar-refractivity contribution is 0.857. The summed E-state index contributed by atoms with van der Waals surface area (Å²) in [6.45, 7) is 6.48. The Kier molecular flexibility index (Phi) is 4.11. The van der Waals surface area contributed by atoms with Crippen LogP contribution < -0.4 is 5.73 Å². The molecular formula is C10H16ClN. The van der Waals surface area contributed by atoms with E-state index in [0.29, 0.717) is 5.92 Å². The number of hydrogen-bond acceptors (Lipinski definition) is 1. The van der Waals surface area contributed by atoms with Crippen molar-refractivity contribution in [3.05, 3.63) is 29.3 Å². The van der Waals surface area contributed by atoms with Crippen molar-refractivity contribution in [2.24, 2.45) is 0 Å². The SMILES string of the molecule is Cc1ccc(N)cc1C(C)C.Cl. The van der Waals surface area contributed by atoms with Gasteiger partial charge in [0.25, 0.3) is 0 Å². The standard InChI is InChI=1S/C10H15N.ClH/c1-7(2)10-6-9(11)5-4-8(10)3;/h4-7H,11H2,1-3H3;1H. The molecule has 1 aromatic carbocycles. The maximum atomic E-state index is 5.67. The molecule has 2 N–H and O–H groups in total. The van der Waals surface area contributed by atoms with Crippen molar-refractivity contribution in [2.75, 3.05) is 5.73 Å². The predicted molar refractivity (Wildman–Crippen MR) is 56.9 cm³/mol. The molecule has 0 heterocycles. The van der Waals surface area contributed by atoms with Crippen LogP contribution in [-0.2, 0) is 0 Å². The zero-order valence-electron chi connectivity index (χ0n) is 7.79. The summed E-state index contributed by atoms with van der Waals surface area (Å²) >= 11 is 0. The van der Waals surface area contributed by atoms with Gasteiger partial charge in [-0.15, -0.1) is 12.4 Å². The minimum Gasteiger partial charge on any atom is -0.399 e. The van der Waals surface area contributed by atoms with Gasteiger partial charge in [-0.2, -0.15) is 0 Å². The first-order chi connectivity index (χ1) is 5.11. The number of halogens is 1. The second-order valence-electron chi connectivity index (χ2n) is 3.27. The Hall–Kier alpha value is -0.690. The predicted octanol–water partition coefficient (Wildman–Crippen LogP) is 3.12. The Balaban J connectivity index is 0.00000121. The Morgan fingerprint density at radius 1 is 1.25 bits per heavy atom. The van der Waals surface area contributed by atoms with E-state index >= 15 is 0 Å². The van der Waals surface area contributed by atoms with Gasteiger partial charge in [0.1, 0.15) is 0 Å². The number of benzene rings is 1. The molecule has 0 atom stereocenters. The molecule has 0 spiro atoms. The van der Waals surface area contributed by atoms with Crippen molar-refractivity contribution in [3.63, 3.8) is 0 Å². The highest BCUT2D eigenvalue weighted by atomic mass is 35.5. The fourth-order valence-corrected chi connectivity index (χ4v) is 1.28. The normalized spacial score (nSPS) is 9.67. The highest BCUT2D eigenvalue weighted by Crippen LogP contribution is 2.20. The number of hydrogen-bond donors (Lipinski definition) is 1. The van der Waals surface area contributed by atoms with E-state index in [1.165, 1.54) is 11.1 Å². The van der Waals surface area contributed by atoms with Gasteiger partial charge in [-0.1, -0.05) is 19.9 Å². The molecule has 0 aromatic heterocycles. The Morgan fingerprint density at radius 2 is 1.83 bits per heavy atom. The smallest absolute Gasteiger partial charge is 0.0317 e. The molecule has 0 unspecified atom stereocenters. The summed E-state index contributed by atoms with van der Waals surface area (Å²) in [7, 11) is 0. The van der Waals surface area contributed by atoms with Gasteiger partial charge in [0.15, 0.2) is 0 Å². The third kappa shape index (κ3) is 2.42. The van der Waals surface area contributed by atoms with Gasteiger partial charge in [-0.05, 0) is 36.1 Å². The first-order valence-corrected chi connectivity index (χ1v) is 3.97. The molecule has 0 aliphatic carbocycles. The Labute approximate surface area is 80.4 Å². The van der Waals surface area contributed by atoms with Gasteiger partial charge >= 0.3 is 0 Å². The van der Waals surface area contributed by atoms with Crippen molar-refractivity contribution < 1.29 is 0 Å². The van der Waals surface area contributed by atoms with E-state index in [0.717, 1.165) is 5.69 Å². The lowest BCUT2D eigenvalue weighted by Gasteiger charge is -2.09. The fraction of sp³-hybridized carbons (Fsp3) is 0.400. The second kappa shape index (κ2) is 4.36. The highest BCUT2D eigenvalue weighted by Gasteiger charge is 2.02. The van der Waals surface area contributed by atoms with Gasteiger partial charge in [0.2, 0.25) is 0 Å². The maximum Gasteiger partial charge on any atom is 0.0317 e. The summed E-state index contributed by atoms with van der Waals surface area (Å²) in [5.74, 6) is 0.568. The van der Waals surface area contributed by atoms with Crippen molar-refractivity contribution in [3.8, 4) is 0 Å². The number of rotatable bonds is 1. The lowest BCUT2D eigenvalue weighted by atomic mass is 9.98. The molecule has 0 bridgehead atoms. The van der Waals surface area contributed by atoms with Crippen molar-refractivity contribution in [2.45, 2.75) is 26.7 Å². The number of nitrogens with two attached hydrogens (primary N) is 1. The minimum absolute atomic E-state index is 0. The van der Waals surface area contributed by atoms with Crippen molar-refractivity contribution >= 4 is 18.1 Å². The molecule has 68 valence electrons. The summed E-state index contributed by atoms with van der Waals surface area (Å²) in [6, 6.07) is 6.08. The van der Waals surface area contributed by atoms with E-state index in [-0.39, 0.29) is 12.4 Å². The van der Waals surface area contributed by atoms with Crippen LogP contribution >= 0.6 is 12.4 Å². The molecule has 0 fully saturated rings. The van der Waals surface area contributed by atoms with Crippen molar-refractivity contribution in [1.29, 1.82) is 0 Å². The molecule has 1 nitrogen and oxygen atoms in total. The van der Waals surface area contributed by atoms with Crippen LogP contribution in [0.5, 0.6) is 0 Å². The summed E-state index contributed by atoms with van der Waals surface area (Å²) in [5.41, 5.74) is 9.21. The topological polar surface area (TPSA) is 26.0 Å². The van der Waals surface area contributed by atoms with Crippen LogP contribution in [0.3, 0.4) is 0 Å². The van der Waals surface area contributed by atoms with E-state index in [1.54, 1.807) is 0 Å². The van der Waals surface area contributed by atoms with Gasteiger partial charge in [-0.25, -0.2) is 0 Å². The van der Waals surface area contributed by atoms with Crippen molar-refractivity contribution in [1.82, 2.24) is 0 Å². The number of aryl methyl sites for hydroxylation is 1. The van der Waals surface area contributed by atoms with Crippen LogP contribution in [0, 0.1) is 6.92 Å². The summed E-state index contributed by atoms with van der Waals surface area (Å²) < 4.78 is 0. The van der Waals surface area contributed by atoms with Crippen LogP contribution in [0.2, 0.25) is 0 Å². The third-order valence-corrected chi connectivity index (χ3v) is 1.93. The first-order valence-electron chi connectivity index (χ1n) is 3.97. The molecule has 0 saturated carbocycles. The summed E-state index contributed by atoms with van der Waals surface area (Å²) in [4.78, 5) is 0. The molecule has 0 radical (unpaired) electrons. The van der Waals surface area contributed by atoms with Crippen LogP contribution in [0.1, 0.15) is 30.9 Å². The molecular weight excluding hydrogens is 170 g/mol. The lowest BCUT2D eigenvalue weighted by Crippen LogP contribution is -1.94. The Morgan fingerprint density at radius 3 is 2.25 bits per heavy atom. The molecule has 2 heteroatoms. The summed E-state index contributed by atoms with van der Waals surface area (Å²) in [5, 5.41) is 0. The van der Waals surface area contributed by atoms with Gasteiger partial charge in [0, 0.05) is 5.69 Å². The summed E-state index contributed by atoms with van der Waals surface area (Å²) in [6.07, 6.45) is 0. The monoisotopic (exact) mass is 185 g/mol. The van der Waals surface area contributed by atoms with Gasteiger partial charge in [0.05, 0.1) is 0 Å². The number of nitrogen functional groups attached to an aromatic ring is 1. The van der Waals surface area contributed by atoms with E-state index in [2.05, 4.69) is 32.9 Å². The fourth-order valence-electron chi connectivity index (χ4n) is 1.28. The third-order valence-electron chi connectivity index (χ3n) is 1.93. The van der Waals surface area contributed by atoms with Gasteiger partial charge < -0.3 is 5.73 Å². The molecule has 0 amide bonds. The number of anilines is 1. The van der Waals surface area contributed by atoms with E-state index < -0.39 is 0 Å². The quantitative estimate of drug-likeness (QED) is 0.669. The molecule has 0 aliphatic heterocycles. The van der Waals surface area contributed by atoms with E-state index in [1.807, 2.05) is 6.07 Å². The Bertz CT molecular complexity index is 256. The van der Waals surface area contributed by atoms with E-state index in [4.69, 9.17) is 5.73 Å². The zero-order valence-corrected chi connectivity index (χ0v) is 8.61. The maximum absolute atomic E-state index is 5.67. The molecule has 1 rings (SSSR count). The molecule has 12 heavy (non-hydrogen) atoms. The van der Waals surface area contributed by atoms with Crippen LogP contribution in [0.4, 0.5) is 5.69 Å². The van der Waals surface area contributed by atoms with Crippen LogP contribution in [0.15, 0.2) is 18.2 Å². The highest BCUT2D eigenvalue weighted by molar-refractivity contribution is 5.85. The second-order valence-corrected chi connectivity index (χ2v) is 3.27. The zero-order chi connectivity index (χ0) is 8.43. The average molecular weight is 186 g/mol. The van der Waals surface area contributed by atoms with E-state index in [9.17, 15) is 0 Å². The molecule has 0 aliphatic rings. The largest absolute Gasteiger partial charge is 0.399 e. The minimum atomic E-state index is 0. The first kappa shape index (κ1) is 11.3. The average Bonchev–Trinajstić information content (AvgIpc) is 1.94. The van der Waals surface area contributed by atoms with Gasteiger partial charge in [-0.3, -0.25) is 0 Å². The van der Waals surface area contributed by atoms with Crippen LogP contribution in [0.25, 0.3) is 0 Å². The van der Waals surface area contributed by atoms with Crippen LogP contribution in [-0.4, -0.2) is 0 Å². The molecule has 1 aromatic rings.